The maximum atomic E-state index is 12.4. The molecule has 0 unspecified atom stereocenters. The lowest BCUT2D eigenvalue weighted by molar-refractivity contribution is -0.149. The summed E-state index contributed by atoms with van der Waals surface area (Å²) in [6.07, 6.45) is 1.14. The van der Waals surface area contributed by atoms with Crippen molar-refractivity contribution >= 4 is 11.8 Å². The Morgan fingerprint density at radius 1 is 1.33 bits per heavy atom. The first-order valence-electron chi connectivity index (χ1n) is 5.83. The van der Waals surface area contributed by atoms with Crippen LogP contribution in [0.1, 0.15) is 29.3 Å². The third-order valence-electron chi connectivity index (χ3n) is 3.59. The van der Waals surface area contributed by atoms with Crippen molar-refractivity contribution in [2.45, 2.75) is 19.8 Å². The van der Waals surface area contributed by atoms with Gasteiger partial charge in [0.1, 0.15) is 11.2 Å². The minimum Gasteiger partial charge on any atom is -0.497 e. The van der Waals surface area contributed by atoms with E-state index < -0.39 is 11.4 Å². The number of aryl methyl sites for hydroxylation is 1. The number of benzene rings is 1. The molecule has 96 valence electrons. The zero-order valence-electron chi connectivity index (χ0n) is 10.8. The van der Waals surface area contributed by atoms with E-state index in [2.05, 4.69) is 0 Å². The summed E-state index contributed by atoms with van der Waals surface area (Å²) >= 11 is 0. The Morgan fingerprint density at radius 3 is 2.67 bits per heavy atom. The average molecular weight is 248 g/mol. The Labute approximate surface area is 106 Å². The minimum atomic E-state index is -1.06. The zero-order valence-corrected chi connectivity index (χ0v) is 10.8. The van der Waals surface area contributed by atoms with Crippen molar-refractivity contribution in [2.75, 3.05) is 14.2 Å². The molecule has 1 atom stereocenters. The van der Waals surface area contributed by atoms with Crippen LogP contribution in [0, 0.1) is 5.41 Å². The lowest BCUT2D eigenvalue weighted by Crippen LogP contribution is -2.41. The van der Waals surface area contributed by atoms with E-state index in [0.717, 1.165) is 11.3 Å². The molecule has 4 heteroatoms. The molecule has 0 N–H and O–H groups in total. The van der Waals surface area contributed by atoms with Crippen LogP contribution in [0.5, 0.6) is 5.75 Å². The molecule has 0 aliphatic heterocycles. The van der Waals surface area contributed by atoms with Crippen LogP contribution in [0.4, 0.5) is 0 Å². The second kappa shape index (κ2) is 4.44. The smallest absolute Gasteiger partial charge is 0.319 e. The molecule has 1 aromatic carbocycles. The van der Waals surface area contributed by atoms with Gasteiger partial charge in [0.2, 0.25) is 0 Å². The maximum absolute atomic E-state index is 12.4. The quantitative estimate of drug-likeness (QED) is 0.593. The Hall–Kier alpha value is -1.84. The first-order valence-corrected chi connectivity index (χ1v) is 5.83. The van der Waals surface area contributed by atoms with Gasteiger partial charge in [-0.2, -0.15) is 0 Å². The fourth-order valence-corrected chi connectivity index (χ4v) is 2.34. The molecule has 1 aliphatic rings. The van der Waals surface area contributed by atoms with Crippen LogP contribution in [0.15, 0.2) is 18.2 Å². The highest BCUT2D eigenvalue weighted by Gasteiger charge is 2.45. The van der Waals surface area contributed by atoms with Crippen LogP contribution in [0.3, 0.4) is 0 Å². The fraction of sp³-hybridized carbons (Fsp3) is 0.429. The van der Waals surface area contributed by atoms with Crippen LogP contribution in [0.2, 0.25) is 0 Å². The standard InChI is InChI=1S/C14H16O4/c1-14(13(16)18-3)7-6-9-8-10(17-2)4-5-11(9)12(14)15/h4-5,8H,6-7H2,1-3H3/t14-/m1/s1. The van der Waals surface area contributed by atoms with E-state index in [0.29, 0.717) is 18.4 Å². The van der Waals surface area contributed by atoms with Crippen LogP contribution >= 0.6 is 0 Å². The van der Waals surface area contributed by atoms with E-state index in [-0.39, 0.29) is 5.78 Å². The van der Waals surface area contributed by atoms with Crippen LogP contribution < -0.4 is 4.74 Å². The molecule has 0 fully saturated rings. The average Bonchev–Trinajstić information content (AvgIpc) is 2.41. The Morgan fingerprint density at radius 2 is 2.06 bits per heavy atom. The largest absolute Gasteiger partial charge is 0.497 e. The van der Waals surface area contributed by atoms with Gasteiger partial charge in [0.25, 0.3) is 0 Å². The lowest BCUT2D eigenvalue weighted by atomic mass is 9.72. The third kappa shape index (κ3) is 1.78. The van der Waals surface area contributed by atoms with Gasteiger partial charge in [0, 0.05) is 5.56 Å². The van der Waals surface area contributed by atoms with E-state index in [1.54, 1.807) is 26.2 Å². The number of esters is 1. The fourth-order valence-electron chi connectivity index (χ4n) is 2.34. The van der Waals surface area contributed by atoms with Crippen LogP contribution in [-0.2, 0) is 16.0 Å². The number of fused-ring (bicyclic) bond motifs is 1. The van der Waals surface area contributed by atoms with Gasteiger partial charge in [-0.3, -0.25) is 9.59 Å². The highest BCUT2D eigenvalue weighted by atomic mass is 16.5. The second-order valence-electron chi connectivity index (χ2n) is 4.68. The molecule has 2 rings (SSSR count). The summed E-state index contributed by atoms with van der Waals surface area (Å²) in [6, 6.07) is 5.31. The summed E-state index contributed by atoms with van der Waals surface area (Å²) in [4.78, 5) is 24.2. The van der Waals surface area contributed by atoms with Gasteiger partial charge in [-0.15, -0.1) is 0 Å². The molecule has 0 radical (unpaired) electrons. The number of hydrogen-bond donors (Lipinski definition) is 0. The molecule has 0 saturated carbocycles. The molecular weight excluding hydrogens is 232 g/mol. The van der Waals surface area contributed by atoms with Gasteiger partial charge in [-0.1, -0.05) is 0 Å². The van der Waals surface area contributed by atoms with Crippen molar-refractivity contribution in [3.8, 4) is 5.75 Å². The normalized spacial score (nSPS) is 22.3. The topological polar surface area (TPSA) is 52.6 Å². The number of carbonyl (C=O) groups excluding carboxylic acids is 2. The Kier molecular flexibility index (Phi) is 3.11. The number of methoxy groups -OCH3 is 2. The SMILES string of the molecule is COC(=O)[C@]1(C)CCc2cc(OC)ccc2C1=O. The molecule has 1 aromatic rings. The van der Waals surface area contributed by atoms with E-state index in [4.69, 9.17) is 9.47 Å². The van der Waals surface area contributed by atoms with Crippen LogP contribution in [-0.4, -0.2) is 26.0 Å². The zero-order chi connectivity index (χ0) is 13.3. The third-order valence-corrected chi connectivity index (χ3v) is 3.59. The summed E-state index contributed by atoms with van der Waals surface area (Å²) in [5.74, 6) is 0.0930. The molecular formula is C14H16O4. The van der Waals surface area contributed by atoms with Gasteiger partial charge < -0.3 is 9.47 Å². The number of Topliss-reactive ketones (excluding diaryl/α,β-unsaturated/α-hetero) is 1. The number of hydrogen-bond acceptors (Lipinski definition) is 4. The predicted molar refractivity (Wildman–Crippen MR) is 65.8 cm³/mol. The molecule has 0 bridgehead atoms. The first kappa shape index (κ1) is 12.6. The van der Waals surface area contributed by atoms with E-state index in [9.17, 15) is 9.59 Å². The monoisotopic (exact) mass is 248 g/mol. The predicted octanol–water partition coefficient (Wildman–Crippen LogP) is 2.00. The van der Waals surface area contributed by atoms with Gasteiger partial charge in [-0.05, 0) is 43.5 Å². The van der Waals surface area contributed by atoms with E-state index in [1.165, 1.54) is 7.11 Å². The van der Waals surface area contributed by atoms with Gasteiger partial charge in [0.15, 0.2) is 5.78 Å². The maximum Gasteiger partial charge on any atom is 0.319 e. The minimum absolute atomic E-state index is 0.168. The van der Waals surface area contributed by atoms with Gasteiger partial charge in [-0.25, -0.2) is 0 Å². The van der Waals surface area contributed by atoms with Crippen molar-refractivity contribution < 1.29 is 19.1 Å². The van der Waals surface area contributed by atoms with Gasteiger partial charge in [0.05, 0.1) is 14.2 Å². The number of carbonyl (C=O) groups is 2. The number of rotatable bonds is 2. The summed E-state index contributed by atoms with van der Waals surface area (Å²) in [5, 5.41) is 0. The summed E-state index contributed by atoms with van der Waals surface area (Å²) in [5.41, 5.74) is 0.465. The van der Waals surface area contributed by atoms with Crippen molar-refractivity contribution in [1.29, 1.82) is 0 Å². The van der Waals surface area contributed by atoms with Crippen molar-refractivity contribution in [2.24, 2.45) is 5.41 Å². The summed E-state index contributed by atoms with van der Waals surface area (Å²) in [7, 11) is 2.90. The molecule has 0 amide bonds. The molecule has 0 heterocycles. The van der Waals surface area contributed by atoms with Crippen molar-refractivity contribution in [1.82, 2.24) is 0 Å². The van der Waals surface area contributed by atoms with E-state index in [1.807, 2.05) is 6.07 Å². The summed E-state index contributed by atoms with van der Waals surface area (Å²) in [6.45, 7) is 1.65. The molecule has 4 nitrogen and oxygen atoms in total. The molecule has 0 aromatic heterocycles. The van der Waals surface area contributed by atoms with Crippen molar-refractivity contribution in [3.05, 3.63) is 29.3 Å². The molecule has 18 heavy (non-hydrogen) atoms. The summed E-state index contributed by atoms with van der Waals surface area (Å²) < 4.78 is 9.87. The number of ketones is 1. The molecule has 0 saturated heterocycles. The molecule has 0 spiro atoms. The number of ether oxygens (including phenoxy) is 2. The first-order chi connectivity index (χ1) is 8.52. The Balaban J connectivity index is 2.43. The van der Waals surface area contributed by atoms with Gasteiger partial charge >= 0.3 is 5.97 Å². The second-order valence-corrected chi connectivity index (χ2v) is 4.68. The highest BCUT2D eigenvalue weighted by molar-refractivity contribution is 6.13. The Bertz CT molecular complexity index is 507. The molecule has 1 aliphatic carbocycles. The lowest BCUT2D eigenvalue weighted by Gasteiger charge is -2.30. The van der Waals surface area contributed by atoms with E-state index >= 15 is 0 Å². The van der Waals surface area contributed by atoms with Crippen molar-refractivity contribution in [3.63, 3.8) is 0 Å². The highest BCUT2D eigenvalue weighted by Crippen LogP contribution is 2.37. The van der Waals surface area contributed by atoms with Crippen LogP contribution in [0.25, 0.3) is 0 Å².